The van der Waals surface area contributed by atoms with Gasteiger partial charge in [0, 0.05) is 19.8 Å². The van der Waals surface area contributed by atoms with Crippen molar-refractivity contribution in [3.8, 4) is 0 Å². The lowest BCUT2D eigenvalue weighted by Gasteiger charge is -2.26. The number of carbonyl (C=O) groups is 1. The predicted octanol–water partition coefficient (Wildman–Crippen LogP) is 3.69. The van der Waals surface area contributed by atoms with Crippen molar-refractivity contribution in [2.45, 2.75) is 45.1 Å². The second kappa shape index (κ2) is 5.84. The minimum absolute atomic E-state index is 0.0838. The Morgan fingerprint density at radius 1 is 1.22 bits per heavy atom. The Morgan fingerprint density at radius 2 is 1.91 bits per heavy atom. The van der Waals surface area contributed by atoms with Crippen LogP contribution in [0.1, 0.15) is 61.1 Å². The van der Waals surface area contributed by atoms with Crippen LogP contribution in [-0.2, 0) is 12.5 Å². The van der Waals surface area contributed by atoms with Crippen LogP contribution in [0, 0.1) is 0 Å². The van der Waals surface area contributed by atoms with Gasteiger partial charge >= 0.3 is 0 Å². The van der Waals surface area contributed by atoms with Crippen LogP contribution in [0.5, 0.6) is 0 Å². The maximum Gasteiger partial charge on any atom is 0.257 e. The summed E-state index contributed by atoms with van der Waals surface area (Å²) in [6, 6.07) is 8.93. The molecule has 4 heteroatoms. The number of carbonyl (C=O) groups excluding carboxylic acids is 1. The van der Waals surface area contributed by atoms with E-state index >= 15 is 0 Å². The van der Waals surface area contributed by atoms with Crippen LogP contribution in [0.25, 0.3) is 0 Å². The fourth-order valence-electron chi connectivity index (χ4n) is 3.26. The number of benzene rings is 1. The Hall–Kier alpha value is -2.10. The van der Waals surface area contributed by atoms with Crippen molar-refractivity contribution < 1.29 is 4.79 Å². The molecule has 1 aromatic carbocycles. The summed E-state index contributed by atoms with van der Waals surface area (Å²) in [5, 5.41) is 4.11. The van der Waals surface area contributed by atoms with E-state index in [1.807, 2.05) is 11.9 Å². The van der Waals surface area contributed by atoms with Gasteiger partial charge in [-0.1, -0.05) is 45.0 Å². The number of aromatic nitrogens is 2. The molecule has 1 saturated heterocycles. The van der Waals surface area contributed by atoms with Gasteiger partial charge in [0.25, 0.3) is 5.91 Å². The first-order chi connectivity index (χ1) is 10.9. The zero-order valence-corrected chi connectivity index (χ0v) is 14.4. The first-order valence-corrected chi connectivity index (χ1v) is 8.26. The lowest BCUT2D eigenvalue weighted by Crippen LogP contribution is -2.30. The largest absolute Gasteiger partial charge is 0.332 e. The van der Waals surface area contributed by atoms with Gasteiger partial charge in [-0.2, -0.15) is 5.10 Å². The molecule has 1 amide bonds. The minimum Gasteiger partial charge on any atom is -0.332 e. The maximum atomic E-state index is 12.7. The molecule has 0 spiro atoms. The summed E-state index contributed by atoms with van der Waals surface area (Å²) in [5.41, 5.74) is 3.38. The normalized spacial score (nSPS) is 18.4. The minimum atomic E-state index is 0.0838. The van der Waals surface area contributed by atoms with Gasteiger partial charge in [0.2, 0.25) is 0 Å². The molecule has 23 heavy (non-hydrogen) atoms. The Balaban J connectivity index is 1.83. The Morgan fingerprint density at radius 3 is 2.48 bits per heavy atom. The number of hydrogen-bond acceptors (Lipinski definition) is 2. The van der Waals surface area contributed by atoms with Crippen LogP contribution in [0.3, 0.4) is 0 Å². The summed E-state index contributed by atoms with van der Waals surface area (Å²) < 4.78 is 1.68. The number of aryl methyl sites for hydroxylation is 1. The van der Waals surface area contributed by atoms with Gasteiger partial charge in [-0.15, -0.1) is 0 Å². The van der Waals surface area contributed by atoms with Crippen LogP contribution in [-0.4, -0.2) is 27.1 Å². The van der Waals surface area contributed by atoms with Crippen molar-refractivity contribution in [2.75, 3.05) is 6.54 Å². The molecule has 0 aliphatic carbocycles. The van der Waals surface area contributed by atoms with Crippen LogP contribution in [0.4, 0.5) is 0 Å². The molecule has 2 heterocycles. The van der Waals surface area contributed by atoms with Crippen LogP contribution >= 0.6 is 0 Å². The first kappa shape index (κ1) is 15.8. The summed E-state index contributed by atoms with van der Waals surface area (Å²) in [6.07, 6.45) is 5.53. The van der Waals surface area contributed by atoms with E-state index in [0.717, 1.165) is 19.4 Å². The second-order valence-corrected chi connectivity index (χ2v) is 7.43. The SMILES string of the molecule is Cn1cc(C(=O)N2CCCC2c2ccc(C(C)(C)C)cc2)cn1. The molecule has 0 bridgehead atoms. The van der Waals surface area contributed by atoms with E-state index in [1.165, 1.54) is 11.1 Å². The molecule has 0 N–H and O–H groups in total. The van der Waals surface area contributed by atoms with E-state index in [-0.39, 0.29) is 17.4 Å². The molecule has 1 aromatic heterocycles. The Kier molecular flexibility index (Phi) is 4.00. The van der Waals surface area contributed by atoms with Crippen molar-refractivity contribution in [3.05, 3.63) is 53.3 Å². The van der Waals surface area contributed by atoms with Crippen molar-refractivity contribution in [1.29, 1.82) is 0 Å². The van der Waals surface area contributed by atoms with Crippen molar-refractivity contribution in [1.82, 2.24) is 14.7 Å². The predicted molar refractivity (Wildman–Crippen MR) is 91.4 cm³/mol. The third-order valence-corrected chi connectivity index (χ3v) is 4.63. The maximum absolute atomic E-state index is 12.7. The molecule has 1 fully saturated rings. The fourth-order valence-corrected chi connectivity index (χ4v) is 3.26. The number of amides is 1. The molecular weight excluding hydrogens is 286 g/mol. The van der Waals surface area contributed by atoms with E-state index in [1.54, 1.807) is 17.1 Å². The first-order valence-electron chi connectivity index (χ1n) is 8.26. The summed E-state index contributed by atoms with van der Waals surface area (Å²) in [6.45, 7) is 7.47. The van der Waals surface area contributed by atoms with Crippen molar-refractivity contribution in [3.63, 3.8) is 0 Å². The molecule has 4 nitrogen and oxygen atoms in total. The molecular formula is C19H25N3O. The molecule has 1 atom stereocenters. The van der Waals surface area contributed by atoms with E-state index < -0.39 is 0 Å². The van der Waals surface area contributed by atoms with Crippen molar-refractivity contribution in [2.24, 2.45) is 7.05 Å². The fraction of sp³-hybridized carbons (Fsp3) is 0.474. The molecule has 1 unspecified atom stereocenters. The smallest absolute Gasteiger partial charge is 0.257 e. The average Bonchev–Trinajstić information content (AvgIpc) is 3.14. The van der Waals surface area contributed by atoms with Gasteiger partial charge in [0.15, 0.2) is 0 Å². The highest BCUT2D eigenvalue weighted by Crippen LogP contribution is 2.34. The Bertz CT molecular complexity index is 694. The van der Waals surface area contributed by atoms with Crippen LogP contribution < -0.4 is 0 Å². The number of nitrogens with zero attached hydrogens (tertiary/aromatic N) is 3. The molecule has 3 rings (SSSR count). The van der Waals surface area contributed by atoms with Gasteiger partial charge in [-0.25, -0.2) is 0 Å². The third-order valence-electron chi connectivity index (χ3n) is 4.63. The van der Waals surface area contributed by atoms with E-state index in [4.69, 9.17) is 0 Å². The van der Waals surface area contributed by atoms with Gasteiger partial charge in [0.05, 0.1) is 17.8 Å². The molecule has 0 radical (unpaired) electrons. The highest BCUT2D eigenvalue weighted by Gasteiger charge is 2.31. The number of rotatable bonds is 2. The zero-order chi connectivity index (χ0) is 16.6. The van der Waals surface area contributed by atoms with Crippen molar-refractivity contribution >= 4 is 5.91 Å². The van der Waals surface area contributed by atoms with E-state index in [0.29, 0.717) is 5.56 Å². The molecule has 1 aliphatic rings. The summed E-state index contributed by atoms with van der Waals surface area (Å²) in [5.74, 6) is 0.0838. The zero-order valence-electron chi connectivity index (χ0n) is 14.4. The monoisotopic (exact) mass is 311 g/mol. The second-order valence-electron chi connectivity index (χ2n) is 7.43. The summed E-state index contributed by atoms with van der Waals surface area (Å²) >= 11 is 0. The third kappa shape index (κ3) is 3.16. The van der Waals surface area contributed by atoms with Gasteiger partial charge in [0.1, 0.15) is 0 Å². The molecule has 2 aromatic rings. The lowest BCUT2D eigenvalue weighted by atomic mass is 9.86. The van der Waals surface area contributed by atoms with Gasteiger partial charge in [-0.3, -0.25) is 9.48 Å². The summed E-state index contributed by atoms with van der Waals surface area (Å²) in [7, 11) is 1.84. The summed E-state index contributed by atoms with van der Waals surface area (Å²) in [4.78, 5) is 14.7. The lowest BCUT2D eigenvalue weighted by molar-refractivity contribution is 0.0735. The highest BCUT2D eigenvalue weighted by molar-refractivity contribution is 5.94. The van der Waals surface area contributed by atoms with E-state index in [9.17, 15) is 4.79 Å². The quantitative estimate of drug-likeness (QED) is 0.848. The standard InChI is InChI=1S/C19H25N3O/c1-19(2,3)16-9-7-14(8-10-16)17-6-5-11-22(17)18(23)15-12-20-21(4)13-15/h7-10,12-13,17H,5-6,11H2,1-4H3. The topological polar surface area (TPSA) is 38.1 Å². The Labute approximate surface area is 138 Å². The molecule has 1 aliphatic heterocycles. The van der Waals surface area contributed by atoms with Gasteiger partial charge < -0.3 is 4.90 Å². The van der Waals surface area contributed by atoms with Crippen LogP contribution in [0.2, 0.25) is 0 Å². The molecule has 122 valence electrons. The number of hydrogen-bond donors (Lipinski definition) is 0. The van der Waals surface area contributed by atoms with Gasteiger partial charge in [-0.05, 0) is 29.4 Å². The number of likely N-dealkylation sites (tertiary alicyclic amines) is 1. The van der Waals surface area contributed by atoms with Crippen LogP contribution in [0.15, 0.2) is 36.7 Å². The highest BCUT2D eigenvalue weighted by atomic mass is 16.2. The average molecular weight is 311 g/mol. The molecule has 0 saturated carbocycles. The van der Waals surface area contributed by atoms with E-state index in [2.05, 4.69) is 50.1 Å².